The van der Waals surface area contributed by atoms with Gasteiger partial charge in [0.1, 0.15) is 11.3 Å². The summed E-state index contributed by atoms with van der Waals surface area (Å²) < 4.78 is 10.7. The van der Waals surface area contributed by atoms with Crippen LogP contribution in [0.15, 0.2) is 57.7 Å². The average molecular weight is 380 g/mol. The monoisotopic (exact) mass is 380 g/mol. The van der Waals surface area contributed by atoms with Crippen LogP contribution in [0.4, 0.5) is 5.69 Å². The lowest BCUT2D eigenvalue weighted by Crippen LogP contribution is -2.21. The molecule has 0 spiro atoms. The number of aryl methyl sites for hydroxylation is 1. The molecule has 2 N–H and O–H groups in total. The molecule has 144 valence electrons. The zero-order valence-corrected chi connectivity index (χ0v) is 15.6. The van der Waals surface area contributed by atoms with Crippen molar-refractivity contribution in [2.24, 2.45) is 0 Å². The molecule has 0 fully saturated rings. The van der Waals surface area contributed by atoms with Crippen molar-refractivity contribution in [2.45, 2.75) is 13.3 Å². The minimum Gasteiger partial charge on any atom is -0.484 e. The van der Waals surface area contributed by atoms with E-state index in [0.29, 0.717) is 29.0 Å². The molecule has 0 aliphatic rings. The molecule has 7 nitrogen and oxygen atoms in total. The number of anilines is 1. The maximum atomic E-state index is 12.1. The molecule has 1 aromatic heterocycles. The molecule has 0 radical (unpaired) electrons. The molecule has 28 heavy (non-hydrogen) atoms. The van der Waals surface area contributed by atoms with Crippen LogP contribution in [0.2, 0.25) is 0 Å². The zero-order chi connectivity index (χ0) is 20.1. The highest BCUT2D eigenvalue weighted by molar-refractivity contribution is 5.97. The SMILES string of the molecule is CCc1cc(=O)oc2cc(OCC(=O)Nc3cccc(C(=O)NC)c3)ccc12. The Bertz CT molecular complexity index is 1090. The largest absolute Gasteiger partial charge is 0.484 e. The molecule has 2 aromatic carbocycles. The lowest BCUT2D eigenvalue weighted by atomic mass is 10.1. The van der Waals surface area contributed by atoms with Crippen molar-refractivity contribution in [3.8, 4) is 5.75 Å². The second kappa shape index (κ2) is 8.39. The number of fused-ring (bicyclic) bond motifs is 1. The summed E-state index contributed by atoms with van der Waals surface area (Å²) in [7, 11) is 1.54. The van der Waals surface area contributed by atoms with Gasteiger partial charge in [0.2, 0.25) is 0 Å². The second-order valence-electron chi connectivity index (χ2n) is 6.10. The lowest BCUT2D eigenvalue weighted by molar-refractivity contribution is -0.118. The number of rotatable bonds is 6. The van der Waals surface area contributed by atoms with Crippen LogP contribution in [0.3, 0.4) is 0 Å². The number of amides is 2. The van der Waals surface area contributed by atoms with E-state index in [9.17, 15) is 14.4 Å². The number of carbonyl (C=O) groups excluding carboxylic acids is 2. The Balaban J connectivity index is 1.68. The van der Waals surface area contributed by atoms with Crippen LogP contribution in [0.1, 0.15) is 22.8 Å². The molecule has 0 saturated carbocycles. The minimum absolute atomic E-state index is 0.229. The Labute approximate surface area is 161 Å². The minimum atomic E-state index is -0.421. The second-order valence-corrected chi connectivity index (χ2v) is 6.10. The summed E-state index contributed by atoms with van der Waals surface area (Å²) in [6.07, 6.45) is 0.708. The van der Waals surface area contributed by atoms with Crippen molar-refractivity contribution in [1.29, 1.82) is 0 Å². The maximum absolute atomic E-state index is 12.1. The van der Waals surface area contributed by atoms with Gasteiger partial charge in [-0.3, -0.25) is 9.59 Å². The van der Waals surface area contributed by atoms with Crippen LogP contribution in [-0.2, 0) is 11.2 Å². The van der Waals surface area contributed by atoms with E-state index >= 15 is 0 Å². The lowest BCUT2D eigenvalue weighted by Gasteiger charge is -2.09. The first-order chi connectivity index (χ1) is 13.5. The van der Waals surface area contributed by atoms with E-state index in [1.165, 1.54) is 13.1 Å². The molecule has 2 amide bonds. The van der Waals surface area contributed by atoms with E-state index in [-0.39, 0.29) is 18.4 Å². The third kappa shape index (κ3) is 4.37. The number of carbonyl (C=O) groups is 2. The van der Waals surface area contributed by atoms with Crippen LogP contribution in [0.5, 0.6) is 5.75 Å². The zero-order valence-electron chi connectivity index (χ0n) is 15.6. The molecule has 0 atom stereocenters. The fourth-order valence-electron chi connectivity index (χ4n) is 2.82. The molecular formula is C21H20N2O5. The summed E-state index contributed by atoms with van der Waals surface area (Å²) in [5, 5.41) is 6.04. The molecule has 0 unspecified atom stereocenters. The van der Waals surface area contributed by atoms with Gasteiger partial charge in [-0.1, -0.05) is 13.0 Å². The van der Waals surface area contributed by atoms with Crippen molar-refractivity contribution in [3.05, 3.63) is 70.1 Å². The molecule has 1 heterocycles. The van der Waals surface area contributed by atoms with Gasteiger partial charge in [0, 0.05) is 35.8 Å². The van der Waals surface area contributed by atoms with E-state index in [4.69, 9.17) is 9.15 Å². The van der Waals surface area contributed by atoms with Crippen LogP contribution >= 0.6 is 0 Å². The molecule has 3 rings (SSSR count). The van der Waals surface area contributed by atoms with Gasteiger partial charge in [-0.2, -0.15) is 0 Å². The summed E-state index contributed by atoms with van der Waals surface area (Å²) in [4.78, 5) is 35.4. The van der Waals surface area contributed by atoms with E-state index in [1.807, 2.05) is 6.92 Å². The van der Waals surface area contributed by atoms with Crippen LogP contribution in [-0.4, -0.2) is 25.5 Å². The van der Waals surface area contributed by atoms with Crippen LogP contribution in [0, 0.1) is 0 Å². The Morgan fingerprint density at radius 2 is 1.93 bits per heavy atom. The average Bonchev–Trinajstić information content (AvgIpc) is 2.70. The van der Waals surface area contributed by atoms with Gasteiger partial charge in [-0.25, -0.2) is 4.79 Å². The molecule has 0 bridgehead atoms. The molecule has 0 aliphatic carbocycles. The third-order valence-electron chi connectivity index (χ3n) is 4.19. The van der Waals surface area contributed by atoms with Gasteiger partial charge in [0.05, 0.1) is 0 Å². The molecule has 0 saturated heterocycles. The Kier molecular flexibility index (Phi) is 5.74. The smallest absolute Gasteiger partial charge is 0.336 e. The Morgan fingerprint density at radius 3 is 2.68 bits per heavy atom. The van der Waals surface area contributed by atoms with Crippen LogP contribution in [0.25, 0.3) is 11.0 Å². The van der Waals surface area contributed by atoms with E-state index in [0.717, 1.165) is 10.9 Å². The summed E-state index contributed by atoms with van der Waals surface area (Å²) in [5.74, 6) is -0.201. The first kappa shape index (κ1) is 19.2. The Morgan fingerprint density at radius 1 is 1.11 bits per heavy atom. The number of hydrogen-bond acceptors (Lipinski definition) is 5. The topological polar surface area (TPSA) is 97.6 Å². The van der Waals surface area contributed by atoms with Gasteiger partial charge < -0.3 is 19.8 Å². The quantitative estimate of drug-likeness (QED) is 0.641. The molecule has 7 heteroatoms. The van der Waals surface area contributed by atoms with Gasteiger partial charge >= 0.3 is 5.63 Å². The number of nitrogens with one attached hydrogen (secondary N) is 2. The highest BCUT2D eigenvalue weighted by Gasteiger charge is 2.09. The fourth-order valence-corrected chi connectivity index (χ4v) is 2.82. The number of ether oxygens (including phenoxy) is 1. The normalized spacial score (nSPS) is 10.5. The predicted octanol–water partition coefficient (Wildman–Crippen LogP) is 2.73. The summed E-state index contributed by atoms with van der Waals surface area (Å²) in [6, 6.07) is 13.2. The first-order valence-electron chi connectivity index (χ1n) is 8.81. The van der Waals surface area contributed by atoms with Crippen molar-refractivity contribution in [3.63, 3.8) is 0 Å². The van der Waals surface area contributed by atoms with Crippen molar-refractivity contribution in [1.82, 2.24) is 5.32 Å². The molecule has 0 aliphatic heterocycles. The summed E-state index contributed by atoms with van der Waals surface area (Å²) in [6.45, 7) is 1.73. The van der Waals surface area contributed by atoms with E-state index in [1.54, 1.807) is 42.5 Å². The highest BCUT2D eigenvalue weighted by Crippen LogP contribution is 2.23. The van der Waals surface area contributed by atoms with E-state index in [2.05, 4.69) is 10.6 Å². The van der Waals surface area contributed by atoms with Gasteiger partial charge in [-0.15, -0.1) is 0 Å². The van der Waals surface area contributed by atoms with Crippen LogP contribution < -0.4 is 21.0 Å². The summed E-state index contributed by atoms with van der Waals surface area (Å²) >= 11 is 0. The van der Waals surface area contributed by atoms with Gasteiger partial charge in [0.25, 0.3) is 11.8 Å². The van der Waals surface area contributed by atoms with E-state index < -0.39 is 5.63 Å². The van der Waals surface area contributed by atoms with Gasteiger partial charge in [-0.05, 0) is 42.3 Å². The summed E-state index contributed by atoms with van der Waals surface area (Å²) in [5.41, 5.74) is 1.83. The van der Waals surface area contributed by atoms with Crippen molar-refractivity contribution < 1.29 is 18.7 Å². The number of benzene rings is 2. The van der Waals surface area contributed by atoms with Gasteiger partial charge in [0.15, 0.2) is 6.61 Å². The molecule has 3 aromatic rings. The molecular weight excluding hydrogens is 360 g/mol. The standard InChI is InChI=1S/C21H20N2O5/c1-3-13-10-20(25)28-18-11-16(7-8-17(13)18)27-12-19(24)23-15-6-4-5-14(9-15)21(26)22-2/h4-11H,3,12H2,1-2H3,(H,22,26)(H,23,24). The Hall–Kier alpha value is -3.61. The van der Waals surface area contributed by atoms with Crippen molar-refractivity contribution in [2.75, 3.05) is 19.0 Å². The highest BCUT2D eigenvalue weighted by atomic mass is 16.5. The third-order valence-corrected chi connectivity index (χ3v) is 4.19. The number of hydrogen-bond donors (Lipinski definition) is 2. The van der Waals surface area contributed by atoms with Crippen molar-refractivity contribution >= 4 is 28.5 Å². The first-order valence-corrected chi connectivity index (χ1v) is 8.81. The predicted molar refractivity (Wildman–Crippen MR) is 106 cm³/mol. The maximum Gasteiger partial charge on any atom is 0.336 e. The fraction of sp³-hybridized carbons (Fsp3) is 0.190.